The molecule has 4 atom stereocenters. The molecule has 60 heavy (non-hydrogen) atoms. The zero-order valence-electron chi connectivity index (χ0n) is 35.4. The van der Waals surface area contributed by atoms with Crippen LogP contribution in [0.3, 0.4) is 0 Å². The van der Waals surface area contributed by atoms with E-state index in [1.165, 1.54) is 6.07 Å². The zero-order valence-corrected chi connectivity index (χ0v) is 35.4. The Morgan fingerprint density at radius 1 is 0.817 bits per heavy atom. The second-order valence-electron chi connectivity index (χ2n) is 14.8. The lowest BCUT2D eigenvalue weighted by atomic mass is 9.75. The first-order valence-electron chi connectivity index (χ1n) is 21.3. The van der Waals surface area contributed by atoms with Gasteiger partial charge in [-0.25, -0.2) is 9.78 Å². The first kappa shape index (κ1) is 48.8. The number of hydrogen-bond donors (Lipinski definition) is 3. The number of hydrogen-bond acceptors (Lipinski definition) is 13. The van der Waals surface area contributed by atoms with Crippen molar-refractivity contribution in [2.24, 2.45) is 23.5 Å². The molecule has 0 bridgehead atoms. The number of aliphatic carboxylic acids is 1. The molecular formula is C45H66N4O11. The number of Topliss-reactive ketones (excluding diaryl/α,β-unsaturated/α-hetero) is 1. The van der Waals surface area contributed by atoms with E-state index in [9.17, 15) is 24.6 Å². The number of nitrogens with two attached hydrogens (primary N) is 1. The fourth-order valence-corrected chi connectivity index (χ4v) is 7.57. The van der Waals surface area contributed by atoms with Crippen LogP contribution in [0.25, 0.3) is 0 Å². The summed E-state index contributed by atoms with van der Waals surface area (Å²) in [6.07, 6.45) is 7.59. The summed E-state index contributed by atoms with van der Waals surface area (Å²) in [6.45, 7) is 12.3. The largest absolute Gasteiger partial charge is 0.481 e. The Labute approximate surface area is 354 Å². The highest BCUT2D eigenvalue weighted by molar-refractivity contribution is 5.97. The van der Waals surface area contributed by atoms with Crippen LogP contribution < -0.4 is 5.73 Å². The Balaban J connectivity index is 1.46. The molecule has 2 heterocycles. The molecule has 1 aliphatic heterocycles. The number of pyridine rings is 1. The standard InChI is InChI=1S/C45H66N4O11/c1-3-34(15-21-55-27-28-56-22-16-46)43(50)36-13-11-35(12-14-36)42(39-8-6-9-40(44(51)52)38(39)4-2)49-19-25-59-31-29-57-23-17-48(18-24-58-30-32-60-26-20-49)33-37-7-5-10-41(47-37)45(53)54/h5-14,34,38,40,42H,3-4,15-33,46H2,1-2H3,(H,51,52)(H,53,54). The third kappa shape index (κ3) is 16.2. The average Bonchev–Trinajstić information content (AvgIpc) is 3.25. The number of carbonyl (C=O) groups is 3. The summed E-state index contributed by atoms with van der Waals surface area (Å²) < 4.78 is 35.2. The maximum atomic E-state index is 13.7. The maximum absolute atomic E-state index is 13.7. The van der Waals surface area contributed by atoms with Crippen LogP contribution in [0.5, 0.6) is 0 Å². The van der Waals surface area contributed by atoms with E-state index in [4.69, 9.17) is 34.2 Å². The quantitative estimate of drug-likeness (QED) is 0.132. The van der Waals surface area contributed by atoms with Crippen LogP contribution in [0, 0.1) is 17.8 Å². The Hall–Kier alpha value is -3.90. The van der Waals surface area contributed by atoms with E-state index in [0.717, 1.165) is 11.1 Å². The lowest BCUT2D eigenvalue weighted by Crippen LogP contribution is -2.39. The van der Waals surface area contributed by atoms with Gasteiger partial charge in [0, 0.05) is 57.4 Å². The van der Waals surface area contributed by atoms with Crippen LogP contribution in [0.15, 0.2) is 66.3 Å². The van der Waals surface area contributed by atoms with Gasteiger partial charge in [0.25, 0.3) is 0 Å². The number of ether oxygens (including phenoxy) is 6. The van der Waals surface area contributed by atoms with Gasteiger partial charge in [0.05, 0.1) is 90.3 Å². The Bertz CT molecular complexity index is 1620. The van der Waals surface area contributed by atoms with Crippen molar-refractivity contribution >= 4 is 17.7 Å². The van der Waals surface area contributed by atoms with Gasteiger partial charge in [-0.05, 0) is 48.4 Å². The number of benzene rings is 1. The molecule has 0 spiro atoms. The fourth-order valence-electron chi connectivity index (χ4n) is 7.57. The second-order valence-corrected chi connectivity index (χ2v) is 14.8. The number of carboxylic acid groups (broad SMARTS) is 2. The number of aromatic nitrogens is 1. The lowest BCUT2D eigenvalue weighted by molar-refractivity contribution is -0.141. The lowest BCUT2D eigenvalue weighted by Gasteiger charge is -2.39. The van der Waals surface area contributed by atoms with Crippen molar-refractivity contribution in [1.29, 1.82) is 0 Å². The molecule has 0 radical (unpaired) electrons. The number of allylic oxidation sites excluding steroid dienone is 2. The van der Waals surface area contributed by atoms with Crippen LogP contribution in [-0.2, 0) is 39.8 Å². The molecule has 0 amide bonds. The first-order valence-corrected chi connectivity index (χ1v) is 21.3. The van der Waals surface area contributed by atoms with Crippen LogP contribution in [0.1, 0.15) is 71.3 Å². The third-order valence-electron chi connectivity index (χ3n) is 10.8. The molecule has 1 aromatic heterocycles. The molecule has 4 unspecified atom stereocenters. The van der Waals surface area contributed by atoms with Crippen molar-refractivity contribution in [2.45, 2.75) is 45.7 Å². The fraction of sp³-hybridized carbons (Fsp3) is 0.600. The van der Waals surface area contributed by atoms with E-state index >= 15 is 0 Å². The number of carboxylic acids is 2. The summed E-state index contributed by atoms with van der Waals surface area (Å²) in [7, 11) is 0. The number of carbonyl (C=O) groups excluding carboxylic acids is 1. The predicted molar refractivity (Wildman–Crippen MR) is 226 cm³/mol. The number of rotatable bonds is 19. The van der Waals surface area contributed by atoms with Gasteiger partial charge in [-0.15, -0.1) is 0 Å². The highest BCUT2D eigenvalue weighted by atomic mass is 16.5. The summed E-state index contributed by atoms with van der Waals surface area (Å²) in [5.74, 6) is -2.95. The summed E-state index contributed by atoms with van der Waals surface area (Å²) in [6, 6.07) is 12.4. The van der Waals surface area contributed by atoms with Gasteiger partial charge < -0.3 is 44.4 Å². The SMILES string of the molecule is CCC(CCOCCOCCN)C(=O)c1ccc(C(C2=CC=CC(C(=O)O)C2CC)N2CCOCCOCCN(Cc3cccc(C(=O)O)n3)CCOCCOCC2)cc1. The van der Waals surface area contributed by atoms with E-state index in [1.54, 1.807) is 12.1 Å². The Morgan fingerprint density at radius 3 is 2.00 bits per heavy atom. The van der Waals surface area contributed by atoms with Gasteiger partial charge in [0.2, 0.25) is 0 Å². The van der Waals surface area contributed by atoms with Gasteiger partial charge in [0.1, 0.15) is 5.69 Å². The molecule has 1 aliphatic carbocycles. The van der Waals surface area contributed by atoms with Crippen molar-refractivity contribution in [3.63, 3.8) is 0 Å². The van der Waals surface area contributed by atoms with Crippen molar-refractivity contribution in [3.05, 3.63) is 88.8 Å². The van der Waals surface area contributed by atoms with Crippen LogP contribution in [-0.4, -0.2) is 155 Å². The van der Waals surface area contributed by atoms with Crippen molar-refractivity contribution in [2.75, 3.05) is 112 Å². The van der Waals surface area contributed by atoms with E-state index in [-0.39, 0.29) is 29.4 Å². The Kier molecular flexibility index (Phi) is 22.6. The van der Waals surface area contributed by atoms with Crippen molar-refractivity contribution in [3.8, 4) is 0 Å². The summed E-state index contributed by atoms with van der Waals surface area (Å²) in [4.78, 5) is 46.3. The molecule has 1 saturated heterocycles. The first-order chi connectivity index (χ1) is 29.3. The molecule has 15 nitrogen and oxygen atoms in total. The highest BCUT2D eigenvalue weighted by Crippen LogP contribution is 2.41. The highest BCUT2D eigenvalue weighted by Gasteiger charge is 2.36. The third-order valence-corrected chi connectivity index (χ3v) is 10.8. The number of nitrogens with zero attached hydrogens (tertiary/aromatic N) is 3. The Morgan fingerprint density at radius 2 is 1.43 bits per heavy atom. The maximum Gasteiger partial charge on any atom is 0.354 e. The van der Waals surface area contributed by atoms with Gasteiger partial charge in [-0.2, -0.15) is 0 Å². The number of ketones is 1. The molecule has 4 N–H and O–H groups in total. The van der Waals surface area contributed by atoms with E-state index in [0.29, 0.717) is 149 Å². The van der Waals surface area contributed by atoms with Crippen molar-refractivity contribution in [1.82, 2.24) is 14.8 Å². The molecule has 0 saturated carbocycles. The topological polar surface area (TPSA) is 192 Å². The van der Waals surface area contributed by atoms with Crippen LogP contribution >= 0.6 is 0 Å². The van der Waals surface area contributed by atoms with E-state index in [1.807, 2.05) is 56.3 Å². The minimum Gasteiger partial charge on any atom is -0.481 e. The number of aromatic carboxylic acids is 1. The molecule has 15 heteroatoms. The van der Waals surface area contributed by atoms with Crippen molar-refractivity contribution < 1.29 is 53.0 Å². The summed E-state index contributed by atoms with van der Waals surface area (Å²) in [5, 5.41) is 19.6. The zero-order chi connectivity index (χ0) is 43.0. The molecular weight excluding hydrogens is 773 g/mol. The van der Waals surface area contributed by atoms with E-state index in [2.05, 4.69) is 14.8 Å². The molecule has 2 aromatic rings. The van der Waals surface area contributed by atoms with Gasteiger partial charge >= 0.3 is 11.9 Å². The molecule has 332 valence electrons. The average molecular weight is 839 g/mol. The molecule has 2 aliphatic rings. The van der Waals surface area contributed by atoms with Gasteiger partial charge in [0.15, 0.2) is 5.78 Å². The minimum atomic E-state index is -1.06. The second kappa shape index (κ2) is 27.8. The van der Waals surface area contributed by atoms with Gasteiger partial charge in [-0.3, -0.25) is 19.4 Å². The van der Waals surface area contributed by atoms with Crippen LogP contribution in [0.2, 0.25) is 0 Å². The van der Waals surface area contributed by atoms with Gasteiger partial charge in [-0.1, -0.05) is 62.4 Å². The molecule has 1 aromatic carbocycles. The normalized spacial score (nSPS) is 20.7. The molecule has 1 fully saturated rings. The predicted octanol–water partition coefficient (Wildman–Crippen LogP) is 4.52. The summed E-state index contributed by atoms with van der Waals surface area (Å²) in [5.41, 5.74) is 8.70. The smallest absolute Gasteiger partial charge is 0.354 e. The van der Waals surface area contributed by atoms with Crippen LogP contribution in [0.4, 0.5) is 0 Å². The monoisotopic (exact) mass is 838 g/mol. The minimum absolute atomic E-state index is 0.00693. The van der Waals surface area contributed by atoms with E-state index < -0.39 is 17.9 Å². The summed E-state index contributed by atoms with van der Waals surface area (Å²) >= 11 is 0. The molecule has 4 rings (SSSR count).